The lowest BCUT2D eigenvalue weighted by molar-refractivity contribution is 0.0697. The second-order valence-electron chi connectivity index (χ2n) is 4.95. The maximum Gasteiger partial charge on any atom is 0.252 e. The standard InChI is InChI=1S/C14H16ClN3O2/c1-2-9-7-12(19)18(10-3-5-20-6-4-10)13-11(9)8-16-14(15)17-13/h7-8,10H,2-6H2,1H3. The summed E-state index contributed by atoms with van der Waals surface area (Å²) in [6.07, 6.45) is 4.12. The Balaban J connectivity index is 2.26. The summed E-state index contributed by atoms with van der Waals surface area (Å²) in [5, 5.41) is 1.08. The summed E-state index contributed by atoms with van der Waals surface area (Å²) in [6, 6.07) is 1.81. The van der Waals surface area contributed by atoms with Crippen molar-refractivity contribution in [3.63, 3.8) is 0 Å². The molecular formula is C14H16ClN3O2. The molecular weight excluding hydrogens is 278 g/mol. The molecule has 5 nitrogen and oxygen atoms in total. The molecule has 0 amide bonds. The van der Waals surface area contributed by atoms with Crippen LogP contribution in [0.1, 0.15) is 31.4 Å². The third-order valence-electron chi connectivity index (χ3n) is 3.79. The minimum absolute atomic E-state index is 0.0176. The van der Waals surface area contributed by atoms with Gasteiger partial charge in [0.1, 0.15) is 5.65 Å². The minimum Gasteiger partial charge on any atom is -0.381 e. The van der Waals surface area contributed by atoms with Gasteiger partial charge in [-0.2, -0.15) is 4.98 Å². The molecule has 1 aliphatic rings. The van der Waals surface area contributed by atoms with Crippen molar-refractivity contribution in [2.75, 3.05) is 13.2 Å². The van der Waals surface area contributed by atoms with Crippen LogP contribution in [0.4, 0.5) is 0 Å². The number of aromatic nitrogens is 3. The van der Waals surface area contributed by atoms with Gasteiger partial charge in [0.05, 0.1) is 0 Å². The van der Waals surface area contributed by atoms with Crippen LogP contribution >= 0.6 is 11.6 Å². The van der Waals surface area contributed by atoms with E-state index in [0.29, 0.717) is 18.9 Å². The van der Waals surface area contributed by atoms with Crippen molar-refractivity contribution in [3.05, 3.63) is 33.5 Å². The van der Waals surface area contributed by atoms with Crippen molar-refractivity contribution in [2.24, 2.45) is 0 Å². The molecule has 0 aromatic carbocycles. The van der Waals surface area contributed by atoms with Crippen LogP contribution in [-0.2, 0) is 11.2 Å². The van der Waals surface area contributed by atoms with Gasteiger partial charge in [0.2, 0.25) is 5.28 Å². The zero-order valence-corrected chi connectivity index (χ0v) is 12.1. The smallest absolute Gasteiger partial charge is 0.252 e. The normalized spacial score (nSPS) is 16.7. The molecule has 1 fully saturated rings. The Kier molecular flexibility index (Phi) is 3.72. The Hall–Kier alpha value is -1.46. The number of aryl methyl sites for hydroxylation is 1. The van der Waals surface area contributed by atoms with E-state index in [9.17, 15) is 4.79 Å². The fraction of sp³-hybridized carbons (Fsp3) is 0.500. The van der Waals surface area contributed by atoms with Gasteiger partial charge in [-0.15, -0.1) is 0 Å². The van der Waals surface area contributed by atoms with Crippen LogP contribution in [0.3, 0.4) is 0 Å². The first-order valence-electron chi connectivity index (χ1n) is 6.85. The fourth-order valence-corrected chi connectivity index (χ4v) is 2.88. The zero-order valence-electron chi connectivity index (χ0n) is 11.3. The van der Waals surface area contributed by atoms with Crippen molar-refractivity contribution in [3.8, 4) is 0 Å². The molecule has 106 valence electrons. The monoisotopic (exact) mass is 293 g/mol. The predicted molar refractivity (Wildman–Crippen MR) is 77.3 cm³/mol. The molecule has 1 aliphatic heterocycles. The first-order valence-corrected chi connectivity index (χ1v) is 7.23. The highest BCUT2D eigenvalue weighted by molar-refractivity contribution is 6.28. The maximum atomic E-state index is 12.4. The number of pyridine rings is 1. The van der Waals surface area contributed by atoms with Gasteiger partial charge in [-0.1, -0.05) is 6.92 Å². The number of rotatable bonds is 2. The van der Waals surface area contributed by atoms with Crippen LogP contribution in [0.2, 0.25) is 5.28 Å². The molecule has 0 saturated carbocycles. The van der Waals surface area contributed by atoms with Crippen molar-refractivity contribution in [1.29, 1.82) is 0 Å². The third kappa shape index (κ3) is 2.31. The quantitative estimate of drug-likeness (QED) is 0.798. The van der Waals surface area contributed by atoms with Crippen molar-refractivity contribution in [1.82, 2.24) is 14.5 Å². The minimum atomic E-state index is -0.0176. The molecule has 1 saturated heterocycles. The Bertz CT molecular complexity index is 693. The molecule has 6 heteroatoms. The number of halogens is 1. The topological polar surface area (TPSA) is 57.0 Å². The molecule has 20 heavy (non-hydrogen) atoms. The van der Waals surface area contributed by atoms with Crippen LogP contribution in [0.5, 0.6) is 0 Å². The van der Waals surface area contributed by atoms with Gasteiger partial charge in [-0.3, -0.25) is 9.36 Å². The van der Waals surface area contributed by atoms with Crippen LogP contribution in [-0.4, -0.2) is 27.7 Å². The number of ether oxygens (including phenoxy) is 1. The van der Waals surface area contributed by atoms with E-state index in [1.807, 2.05) is 6.92 Å². The lowest BCUT2D eigenvalue weighted by atomic mass is 10.1. The van der Waals surface area contributed by atoms with Crippen molar-refractivity contribution in [2.45, 2.75) is 32.2 Å². The Morgan fingerprint density at radius 1 is 1.45 bits per heavy atom. The second kappa shape index (κ2) is 5.50. The number of hydrogen-bond acceptors (Lipinski definition) is 4. The van der Waals surface area contributed by atoms with Crippen LogP contribution in [0.25, 0.3) is 11.0 Å². The van der Waals surface area contributed by atoms with E-state index in [1.54, 1.807) is 16.8 Å². The Labute approximate surface area is 121 Å². The molecule has 0 unspecified atom stereocenters. The predicted octanol–water partition coefficient (Wildman–Crippen LogP) is 2.36. The SMILES string of the molecule is CCc1cc(=O)n(C2CCOCC2)c2nc(Cl)ncc12. The second-order valence-corrected chi connectivity index (χ2v) is 5.29. The van der Waals surface area contributed by atoms with Gasteiger partial charge < -0.3 is 4.74 Å². The highest BCUT2D eigenvalue weighted by Gasteiger charge is 2.20. The fourth-order valence-electron chi connectivity index (χ4n) is 2.75. The molecule has 2 aromatic rings. The largest absolute Gasteiger partial charge is 0.381 e. The summed E-state index contributed by atoms with van der Waals surface area (Å²) < 4.78 is 7.12. The summed E-state index contributed by atoms with van der Waals surface area (Å²) >= 11 is 5.92. The van der Waals surface area contributed by atoms with Crippen LogP contribution in [0.15, 0.2) is 17.1 Å². The van der Waals surface area contributed by atoms with Gasteiger partial charge in [0, 0.05) is 36.9 Å². The van der Waals surface area contributed by atoms with E-state index < -0.39 is 0 Å². The van der Waals surface area contributed by atoms with Crippen molar-refractivity contribution >= 4 is 22.6 Å². The maximum absolute atomic E-state index is 12.4. The molecule has 3 heterocycles. The summed E-state index contributed by atoms with van der Waals surface area (Å²) in [5.41, 5.74) is 1.59. The molecule has 0 radical (unpaired) electrons. The average molecular weight is 294 g/mol. The first kappa shape index (κ1) is 13.5. The van der Waals surface area contributed by atoms with Gasteiger partial charge in [-0.05, 0) is 36.4 Å². The van der Waals surface area contributed by atoms with E-state index >= 15 is 0 Å². The highest BCUT2D eigenvalue weighted by atomic mass is 35.5. The molecule has 0 aliphatic carbocycles. The number of fused-ring (bicyclic) bond motifs is 1. The van der Waals surface area contributed by atoms with E-state index in [0.717, 1.165) is 30.2 Å². The third-order valence-corrected chi connectivity index (χ3v) is 3.97. The van der Waals surface area contributed by atoms with Gasteiger partial charge in [0.25, 0.3) is 5.56 Å². The molecule has 0 atom stereocenters. The Morgan fingerprint density at radius 3 is 2.90 bits per heavy atom. The summed E-state index contributed by atoms with van der Waals surface area (Å²) in [4.78, 5) is 20.8. The summed E-state index contributed by atoms with van der Waals surface area (Å²) in [7, 11) is 0. The molecule has 0 spiro atoms. The van der Waals surface area contributed by atoms with E-state index in [-0.39, 0.29) is 16.9 Å². The van der Waals surface area contributed by atoms with E-state index in [2.05, 4.69) is 9.97 Å². The van der Waals surface area contributed by atoms with Crippen LogP contribution in [0, 0.1) is 0 Å². The zero-order chi connectivity index (χ0) is 14.1. The van der Waals surface area contributed by atoms with Crippen LogP contribution < -0.4 is 5.56 Å². The highest BCUT2D eigenvalue weighted by Crippen LogP contribution is 2.25. The van der Waals surface area contributed by atoms with E-state index in [4.69, 9.17) is 16.3 Å². The van der Waals surface area contributed by atoms with Gasteiger partial charge in [0.15, 0.2) is 0 Å². The van der Waals surface area contributed by atoms with Gasteiger partial charge in [-0.25, -0.2) is 4.98 Å². The molecule has 3 rings (SSSR count). The Morgan fingerprint density at radius 2 is 2.20 bits per heavy atom. The number of hydrogen-bond donors (Lipinski definition) is 0. The molecule has 0 N–H and O–H groups in total. The molecule has 0 bridgehead atoms. The average Bonchev–Trinajstić information content (AvgIpc) is 2.47. The lowest BCUT2D eigenvalue weighted by Gasteiger charge is -2.25. The first-order chi connectivity index (χ1) is 9.70. The van der Waals surface area contributed by atoms with E-state index in [1.165, 1.54) is 0 Å². The lowest BCUT2D eigenvalue weighted by Crippen LogP contribution is -2.30. The van der Waals surface area contributed by atoms with Gasteiger partial charge >= 0.3 is 0 Å². The van der Waals surface area contributed by atoms with Crippen molar-refractivity contribution < 1.29 is 4.74 Å². The summed E-state index contributed by atoms with van der Waals surface area (Å²) in [6.45, 7) is 3.36. The molecule has 2 aromatic heterocycles. The summed E-state index contributed by atoms with van der Waals surface area (Å²) in [5.74, 6) is 0. The number of nitrogens with zero attached hydrogens (tertiary/aromatic N) is 3.